The fraction of sp³-hybridized carbons (Fsp3) is 0.692. The van der Waals surface area contributed by atoms with E-state index in [4.69, 9.17) is 4.74 Å². The molecule has 6 heteroatoms. The lowest BCUT2D eigenvalue weighted by Crippen LogP contribution is -2.42. The largest absolute Gasteiger partial charge is 0.379 e. The quantitative estimate of drug-likeness (QED) is 0.877. The number of carbonyl (C=O) groups is 1. The molecule has 0 aromatic carbocycles. The van der Waals surface area contributed by atoms with E-state index in [1.165, 1.54) is 11.3 Å². The monoisotopic (exact) mass is 283 g/mol. The van der Waals surface area contributed by atoms with Crippen LogP contribution in [0.15, 0.2) is 6.20 Å². The predicted octanol–water partition coefficient (Wildman–Crippen LogP) is 2.74. The Hall–Kier alpha value is -1.14. The van der Waals surface area contributed by atoms with E-state index in [-0.39, 0.29) is 17.5 Å². The Labute approximate surface area is 117 Å². The van der Waals surface area contributed by atoms with Gasteiger partial charge >= 0.3 is 6.03 Å². The molecule has 106 valence electrons. The topological polar surface area (TPSA) is 63.2 Å². The highest BCUT2D eigenvalue weighted by Crippen LogP contribution is 2.29. The number of nitrogens with one attached hydrogen (secondary N) is 2. The second kappa shape index (κ2) is 5.88. The summed E-state index contributed by atoms with van der Waals surface area (Å²) in [5, 5.41) is 6.33. The maximum Gasteiger partial charge on any atom is 0.321 e. The normalized spacial score (nSPS) is 20.1. The highest BCUT2D eigenvalue weighted by molar-refractivity contribution is 7.15. The molecule has 1 aliphatic rings. The van der Waals surface area contributed by atoms with Gasteiger partial charge in [0.15, 0.2) is 5.13 Å². The van der Waals surface area contributed by atoms with Gasteiger partial charge in [0.1, 0.15) is 0 Å². The average molecular weight is 283 g/mol. The van der Waals surface area contributed by atoms with Crippen LogP contribution in [0, 0.1) is 0 Å². The van der Waals surface area contributed by atoms with Crippen molar-refractivity contribution < 1.29 is 9.53 Å². The van der Waals surface area contributed by atoms with E-state index < -0.39 is 0 Å². The van der Waals surface area contributed by atoms with Gasteiger partial charge in [-0.25, -0.2) is 9.78 Å². The van der Waals surface area contributed by atoms with Crippen LogP contribution in [0.5, 0.6) is 0 Å². The molecule has 1 saturated heterocycles. The Morgan fingerprint density at radius 2 is 2.32 bits per heavy atom. The first kappa shape index (κ1) is 14.3. The second-order valence-corrected chi connectivity index (χ2v) is 6.82. The Kier molecular flexibility index (Phi) is 4.42. The summed E-state index contributed by atoms with van der Waals surface area (Å²) in [6.45, 7) is 7.77. The van der Waals surface area contributed by atoms with Gasteiger partial charge in [-0.1, -0.05) is 20.8 Å². The van der Waals surface area contributed by atoms with Crippen molar-refractivity contribution >= 4 is 22.5 Å². The summed E-state index contributed by atoms with van der Waals surface area (Å²) >= 11 is 1.52. The maximum atomic E-state index is 11.8. The lowest BCUT2D eigenvalue weighted by molar-refractivity contribution is 0.0739. The first-order valence-corrected chi connectivity index (χ1v) is 7.38. The molecule has 1 atom stereocenters. The Bertz CT molecular complexity index is 433. The molecule has 2 amide bonds. The minimum atomic E-state index is -0.203. The van der Waals surface area contributed by atoms with Gasteiger partial charge in [-0.3, -0.25) is 5.32 Å². The van der Waals surface area contributed by atoms with Crippen molar-refractivity contribution in [3.63, 3.8) is 0 Å². The van der Waals surface area contributed by atoms with Crippen molar-refractivity contribution in [1.29, 1.82) is 0 Å². The lowest BCUT2D eigenvalue weighted by Gasteiger charge is -2.22. The van der Waals surface area contributed by atoms with Gasteiger partial charge in [0.2, 0.25) is 0 Å². The van der Waals surface area contributed by atoms with Crippen molar-refractivity contribution in [2.75, 3.05) is 18.5 Å². The summed E-state index contributed by atoms with van der Waals surface area (Å²) in [4.78, 5) is 17.2. The molecule has 0 radical (unpaired) electrons. The number of hydrogen-bond donors (Lipinski definition) is 2. The first-order chi connectivity index (χ1) is 8.95. The Morgan fingerprint density at radius 1 is 1.53 bits per heavy atom. The molecule has 19 heavy (non-hydrogen) atoms. The highest BCUT2D eigenvalue weighted by atomic mass is 32.1. The lowest BCUT2D eigenvalue weighted by atomic mass is 9.96. The van der Waals surface area contributed by atoms with E-state index in [0.29, 0.717) is 11.7 Å². The standard InChI is InChI=1S/C13H21N3O2S/c1-13(2,3)10-7-14-12(19-10)16-11(17)15-9-5-4-6-18-8-9/h7,9H,4-6,8H2,1-3H3,(H2,14,15,16,17)/t9-/m1/s1. The van der Waals surface area contributed by atoms with Crippen LogP contribution < -0.4 is 10.6 Å². The van der Waals surface area contributed by atoms with Gasteiger partial charge in [-0.2, -0.15) is 0 Å². The van der Waals surface area contributed by atoms with Gasteiger partial charge in [-0.05, 0) is 18.3 Å². The van der Waals surface area contributed by atoms with Crippen molar-refractivity contribution in [2.24, 2.45) is 0 Å². The summed E-state index contributed by atoms with van der Waals surface area (Å²) < 4.78 is 5.33. The zero-order valence-corrected chi connectivity index (χ0v) is 12.5. The minimum absolute atomic E-state index is 0.0608. The molecule has 1 aromatic rings. The van der Waals surface area contributed by atoms with Crippen LogP contribution in [-0.4, -0.2) is 30.3 Å². The Balaban J connectivity index is 1.86. The third-order valence-electron chi connectivity index (χ3n) is 2.96. The maximum absolute atomic E-state index is 11.8. The number of anilines is 1. The van der Waals surface area contributed by atoms with Crippen LogP contribution in [0.3, 0.4) is 0 Å². The van der Waals surface area contributed by atoms with Crippen LogP contribution in [-0.2, 0) is 10.2 Å². The number of ether oxygens (including phenoxy) is 1. The van der Waals surface area contributed by atoms with Gasteiger partial charge in [0.05, 0.1) is 12.6 Å². The number of thiazole rings is 1. The van der Waals surface area contributed by atoms with Gasteiger partial charge < -0.3 is 10.1 Å². The van der Waals surface area contributed by atoms with E-state index in [0.717, 1.165) is 24.3 Å². The second-order valence-electron chi connectivity index (χ2n) is 5.79. The summed E-state index contributed by atoms with van der Waals surface area (Å²) in [7, 11) is 0. The average Bonchev–Trinajstić information content (AvgIpc) is 2.78. The van der Waals surface area contributed by atoms with Gasteiger partial charge in [0, 0.05) is 17.7 Å². The number of aromatic nitrogens is 1. The fourth-order valence-electron chi connectivity index (χ4n) is 1.85. The molecule has 1 aliphatic heterocycles. The predicted molar refractivity (Wildman–Crippen MR) is 76.8 cm³/mol. The molecule has 1 aromatic heterocycles. The summed E-state index contributed by atoms with van der Waals surface area (Å²) in [6, 6.07) is -0.0962. The SMILES string of the molecule is CC(C)(C)c1cnc(NC(=O)N[C@@H]2CCCOC2)s1. The van der Waals surface area contributed by atoms with E-state index in [9.17, 15) is 4.79 Å². The van der Waals surface area contributed by atoms with Crippen LogP contribution in [0.2, 0.25) is 0 Å². The van der Waals surface area contributed by atoms with E-state index in [1.807, 2.05) is 6.20 Å². The van der Waals surface area contributed by atoms with Crippen molar-refractivity contribution in [3.05, 3.63) is 11.1 Å². The number of amides is 2. The number of carbonyl (C=O) groups excluding carboxylic acids is 1. The molecule has 1 fully saturated rings. The number of urea groups is 1. The third kappa shape index (κ3) is 4.18. The first-order valence-electron chi connectivity index (χ1n) is 6.57. The number of nitrogens with zero attached hydrogens (tertiary/aromatic N) is 1. The van der Waals surface area contributed by atoms with Crippen LogP contribution in [0.4, 0.5) is 9.93 Å². The zero-order valence-electron chi connectivity index (χ0n) is 11.7. The molecule has 0 unspecified atom stereocenters. The molecule has 5 nitrogen and oxygen atoms in total. The molecule has 2 N–H and O–H groups in total. The zero-order chi connectivity index (χ0) is 13.9. The van der Waals surface area contributed by atoms with Crippen molar-refractivity contribution in [3.8, 4) is 0 Å². The highest BCUT2D eigenvalue weighted by Gasteiger charge is 2.19. The fourth-order valence-corrected chi connectivity index (χ4v) is 2.72. The molecular weight excluding hydrogens is 262 g/mol. The van der Waals surface area contributed by atoms with Gasteiger partial charge in [0.25, 0.3) is 0 Å². The van der Waals surface area contributed by atoms with E-state index in [1.54, 1.807) is 0 Å². The van der Waals surface area contributed by atoms with Crippen molar-refractivity contribution in [1.82, 2.24) is 10.3 Å². The Morgan fingerprint density at radius 3 is 2.89 bits per heavy atom. The summed E-state index contributed by atoms with van der Waals surface area (Å²) in [5.41, 5.74) is 0.0608. The molecule has 0 aliphatic carbocycles. The molecule has 0 bridgehead atoms. The summed E-state index contributed by atoms with van der Waals surface area (Å²) in [6.07, 6.45) is 3.79. The number of hydrogen-bond acceptors (Lipinski definition) is 4. The molecule has 2 heterocycles. The van der Waals surface area contributed by atoms with Crippen LogP contribution >= 0.6 is 11.3 Å². The molecule has 2 rings (SSSR count). The summed E-state index contributed by atoms with van der Waals surface area (Å²) in [5.74, 6) is 0. The molecular formula is C13H21N3O2S. The van der Waals surface area contributed by atoms with Crippen molar-refractivity contribution in [2.45, 2.75) is 45.1 Å². The van der Waals surface area contributed by atoms with E-state index in [2.05, 4.69) is 36.4 Å². The molecule has 0 saturated carbocycles. The molecule has 0 spiro atoms. The van der Waals surface area contributed by atoms with Gasteiger partial charge in [-0.15, -0.1) is 11.3 Å². The minimum Gasteiger partial charge on any atom is -0.379 e. The number of rotatable bonds is 2. The smallest absolute Gasteiger partial charge is 0.321 e. The van der Waals surface area contributed by atoms with Crippen LogP contribution in [0.1, 0.15) is 38.5 Å². The van der Waals surface area contributed by atoms with E-state index >= 15 is 0 Å². The third-order valence-corrected chi connectivity index (χ3v) is 4.30. The van der Waals surface area contributed by atoms with Crippen LogP contribution in [0.25, 0.3) is 0 Å².